The maximum atomic E-state index is 12.4. The average Bonchev–Trinajstić information content (AvgIpc) is 2.96. The number of H-pyrrole nitrogens is 1. The molecule has 0 bridgehead atoms. The van der Waals surface area contributed by atoms with Gasteiger partial charge in [0.15, 0.2) is 5.65 Å². The van der Waals surface area contributed by atoms with E-state index in [9.17, 15) is 13.6 Å². The number of carbonyl (C=O) groups excluding carboxylic acids is 1. The summed E-state index contributed by atoms with van der Waals surface area (Å²) in [5.41, 5.74) is 2.87. The largest absolute Gasteiger partial charge is 0.487 e. The molecular formula is C17H16F2N4O2. The van der Waals surface area contributed by atoms with Gasteiger partial charge in [-0.05, 0) is 31.5 Å². The van der Waals surface area contributed by atoms with Crippen molar-refractivity contribution in [2.75, 3.05) is 11.9 Å². The van der Waals surface area contributed by atoms with Crippen LogP contribution in [0.25, 0.3) is 11.0 Å². The minimum atomic E-state index is -2.56. The summed E-state index contributed by atoms with van der Waals surface area (Å²) in [4.78, 5) is 16.5. The van der Waals surface area contributed by atoms with Crippen LogP contribution in [0.4, 0.5) is 14.5 Å². The van der Waals surface area contributed by atoms with E-state index in [4.69, 9.17) is 4.74 Å². The Kier molecular flexibility index (Phi) is 4.60. The predicted octanol–water partition coefficient (Wildman–Crippen LogP) is 3.47. The van der Waals surface area contributed by atoms with Gasteiger partial charge < -0.3 is 10.1 Å². The van der Waals surface area contributed by atoms with Crippen LogP contribution in [0.3, 0.4) is 0 Å². The Morgan fingerprint density at radius 1 is 1.32 bits per heavy atom. The third-order valence-corrected chi connectivity index (χ3v) is 3.67. The molecule has 0 fully saturated rings. The summed E-state index contributed by atoms with van der Waals surface area (Å²) >= 11 is 0. The zero-order chi connectivity index (χ0) is 18.0. The number of carbonyl (C=O) groups is 1. The fraction of sp³-hybridized carbons (Fsp3) is 0.235. The standard InChI is InChI=1S/C17H16F2N4O2/c1-9-3-4-12(6-14(9)25-8-15(18)19)21-17(24)11-5-13-10(2)22-23-16(13)20-7-11/h3-7,15H,8H2,1-2H3,(H,21,24)(H,20,22,23). The highest BCUT2D eigenvalue weighted by Gasteiger charge is 2.12. The molecule has 2 heterocycles. The van der Waals surface area contributed by atoms with Crippen molar-refractivity contribution in [1.82, 2.24) is 15.2 Å². The maximum absolute atomic E-state index is 12.4. The van der Waals surface area contributed by atoms with Crippen LogP contribution in [0.1, 0.15) is 21.6 Å². The molecule has 3 rings (SSSR count). The summed E-state index contributed by atoms with van der Waals surface area (Å²) in [5, 5.41) is 10.3. The second-order valence-corrected chi connectivity index (χ2v) is 5.58. The Morgan fingerprint density at radius 2 is 2.12 bits per heavy atom. The second-order valence-electron chi connectivity index (χ2n) is 5.58. The number of rotatable bonds is 5. The van der Waals surface area contributed by atoms with Gasteiger partial charge in [-0.25, -0.2) is 13.8 Å². The number of ether oxygens (including phenoxy) is 1. The summed E-state index contributed by atoms with van der Waals surface area (Å²) in [5.74, 6) is -0.0592. The molecule has 0 saturated heterocycles. The number of aromatic nitrogens is 3. The van der Waals surface area contributed by atoms with Crippen molar-refractivity contribution in [2.24, 2.45) is 0 Å². The van der Waals surface area contributed by atoms with Gasteiger partial charge in [-0.3, -0.25) is 9.89 Å². The van der Waals surface area contributed by atoms with E-state index in [0.29, 0.717) is 28.2 Å². The number of hydrogen-bond acceptors (Lipinski definition) is 4. The highest BCUT2D eigenvalue weighted by atomic mass is 19.3. The molecule has 6 nitrogen and oxygen atoms in total. The first kappa shape index (κ1) is 16.8. The van der Waals surface area contributed by atoms with Crippen molar-refractivity contribution in [3.8, 4) is 5.75 Å². The minimum absolute atomic E-state index is 0.303. The molecule has 0 aliphatic rings. The number of alkyl halides is 2. The van der Waals surface area contributed by atoms with E-state index in [1.54, 1.807) is 25.1 Å². The lowest BCUT2D eigenvalue weighted by Crippen LogP contribution is -2.13. The molecule has 0 spiro atoms. The van der Waals surface area contributed by atoms with Gasteiger partial charge in [-0.1, -0.05) is 6.07 Å². The van der Waals surface area contributed by atoms with E-state index in [-0.39, 0.29) is 5.91 Å². The molecule has 0 aliphatic heterocycles. The number of aromatic amines is 1. The highest BCUT2D eigenvalue weighted by molar-refractivity contribution is 6.05. The lowest BCUT2D eigenvalue weighted by molar-refractivity contribution is 0.0815. The average molecular weight is 346 g/mol. The molecule has 0 saturated carbocycles. The fourth-order valence-corrected chi connectivity index (χ4v) is 2.33. The minimum Gasteiger partial charge on any atom is -0.487 e. The maximum Gasteiger partial charge on any atom is 0.272 e. The number of halogens is 2. The zero-order valence-corrected chi connectivity index (χ0v) is 13.6. The number of amides is 1. The molecule has 0 radical (unpaired) electrons. The van der Waals surface area contributed by atoms with E-state index in [0.717, 1.165) is 11.1 Å². The van der Waals surface area contributed by atoms with Crippen molar-refractivity contribution in [3.63, 3.8) is 0 Å². The predicted molar refractivity (Wildman–Crippen MR) is 89.3 cm³/mol. The van der Waals surface area contributed by atoms with Gasteiger partial charge in [-0.2, -0.15) is 5.10 Å². The topological polar surface area (TPSA) is 79.9 Å². The Hall–Kier alpha value is -3.03. The van der Waals surface area contributed by atoms with Crippen LogP contribution in [-0.2, 0) is 0 Å². The molecule has 2 aromatic heterocycles. The number of nitrogens with one attached hydrogen (secondary N) is 2. The van der Waals surface area contributed by atoms with Crippen LogP contribution in [0.2, 0.25) is 0 Å². The number of hydrogen-bond donors (Lipinski definition) is 2. The van der Waals surface area contributed by atoms with Crippen LogP contribution in [0, 0.1) is 13.8 Å². The number of aryl methyl sites for hydroxylation is 2. The SMILES string of the molecule is Cc1ccc(NC(=O)c2cnc3n[nH]c(C)c3c2)cc1OCC(F)F. The molecule has 0 atom stereocenters. The van der Waals surface area contributed by atoms with Crippen LogP contribution >= 0.6 is 0 Å². The Morgan fingerprint density at radius 3 is 2.88 bits per heavy atom. The molecule has 1 amide bonds. The summed E-state index contributed by atoms with van der Waals surface area (Å²) in [6, 6.07) is 6.58. The zero-order valence-electron chi connectivity index (χ0n) is 13.6. The van der Waals surface area contributed by atoms with E-state index in [2.05, 4.69) is 20.5 Å². The van der Waals surface area contributed by atoms with E-state index in [1.807, 2.05) is 6.92 Å². The Labute approximate surface area is 142 Å². The normalized spacial score (nSPS) is 11.1. The first-order valence-corrected chi connectivity index (χ1v) is 7.57. The van der Waals surface area contributed by atoms with Gasteiger partial charge in [0.2, 0.25) is 0 Å². The Bertz CT molecular complexity index is 924. The number of fused-ring (bicyclic) bond motifs is 1. The van der Waals surface area contributed by atoms with Crippen molar-refractivity contribution in [1.29, 1.82) is 0 Å². The Balaban J connectivity index is 1.79. The summed E-state index contributed by atoms with van der Waals surface area (Å²) in [7, 11) is 0. The van der Waals surface area contributed by atoms with Crippen LogP contribution < -0.4 is 10.1 Å². The van der Waals surface area contributed by atoms with Crippen LogP contribution in [0.15, 0.2) is 30.5 Å². The summed E-state index contributed by atoms with van der Waals surface area (Å²) in [6.45, 7) is 2.88. The number of nitrogens with zero attached hydrogens (tertiary/aromatic N) is 2. The van der Waals surface area contributed by atoms with Gasteiger partial charge in [0.1, 0.15) is 12.4 Å². The molecule has 0 unspecified atom stereocenters. The quantitative estimate of drug-likeness (QED) is 0.741. The van der Waals surface area contributed by atoms with Gasteiger partial charge in [0.05, 0.1) is 5.56 Å². The van der Waals surface area contributed by atoms with Crippen molar-refractivity contribution in [2.45, 2.75) is 20.3 Å². The molecule has 1 aromatic carbocycles. The third-order valence-electron chi connectivity index (χ3n) is 3.67. The van der Waals surface area contributed by atoms with E-state index < -0.39 is 13.0 Å². The van der Waals surface area contributed by atoms with Crippen LogP contribution in [0.5, 0.6) is 5.75 Å². The molecule has 8 heteroatoms. The van der Waals surface area contributed by atoms with Gasteiger partial charge in [0.25, 0.3) is 12.3 Å². The third kappa shape index (κ3) is 3.73. The van der Waals surface area contributed by atoms with Crippen LogP contribution in [-0.4, -0.2) is 34.1 Å². The molecule has 25 heavy (non-hydrogen) atoms. The molecular weight excluding hydrogens is 330 g/mol. The molecule has 130 valence electrons. The second kappa shape index (κ2) is 6.84. The van der Waals surface area contributed by atoms with Crippen molar-refractivity contribution >= 4 is 22.6 Å². The monoisotopic (exact) mass is 346 g/mol. The molecule has 0 aliphatic carbocycles. The molecule has 2 N–H and O–H groups in total. The summed E-state index contributed by atoms with van der Waals surface area (Å²) in [6.07, 6.45) is -1.13. The van der Waals surface area contributed by atoms with Crippen molar-refractivity contribution < 1.29 is 18.3 Å². The highest BCUT2D eigenvalue weighted by Crippen LogP contribution is 2.24. The van der Waals surface area contributed by atoms with Gasteiger partial charge in [-0.15, -0.1) is 0 Å². The first-order chi connectivity index (χ1) is 11.9. The number of benzene rings is 1. The van der Waals surface area contributed by atoms with Gasteiger partial charge in [0, 0.05) is 29.0 Å². The lowest BCUT2D eigenvalue weighted by Gasteiger charge is -2.11. The first-order valence-electron chi connectivity index (χ1n) is 7.57. The van der Waals surface area contributed by atoms with Gasteiger partial charge >= 0.3 is 0 Å². The van der Waals surface area contributed by atoms with Crippen molar-refractivity contribution in [3.05, 3.63) is 47.3 Å². The summed E-state index contributed by atoms with van der Waals surface area (Å²) < 4.78 is 29.7. The van der Waals surface area contributed by atoms with E-state index >= 15 is 0 Å². The van der Waals surface area contributed by atoms with E-state index in [1.165, 1.54) is 12.3 Å². The number of anilines is 1. The molecule has 3 aromatic rings. The lowest BCUT2D eigenvalue weighted by atomic mass is 10.1. The smallest absolute Gasteiger partial charge is 0.272 e. The fourth-order valence-electron chi connectivity index (χ4n) is 2.33. The number of pyridine rings is 1.